The van der Waals surface area contributed by atoms with Crippen molar-refractivity contribution in [3.8, 4) is 0 Å². The average Bonchev–Trinajstić information content (AvgIpc) is 2.11. The van der Waals surface area contributed by atoms with Crippen LogP contribution in [0.4, 0.5) is 0 Å². The Morgan fingerprint density at radius 1 is 1.21 bits per heavy atom. The Morgan fingerprint density at radius 2 is 1.71 bits per heavy atom. The van der Waals surface area contributed by atoms with E-state index in [9.17, 15) is 9.59 Å². The molecule has 0 spiro atoms. The highest BCUT2D eigenvalue weighted by Crippen LogP contribution is 1.85. The largest absolute Gasteiger partial charge is 0.462 e. The quantitative estimate of drug-likeness (QED) is 0.390. The average molecular weight is 204 g/mol. The normalized spacial score (nSPS) is 7.50. The Kier molecular flexibility index (Phi) is 15.4. The number of hydrogen-bond donors (Lipinski definition) is 0. The molecule has 0 atom stereocenters. The van der Waals surface area contributed by atoms with Crippen LogP contribution in [0.15, 0.2) is 12.7 Å². The van der Waals surface area contributed by atoms with E-state index in [4.69, 9.17) is 0 Å². The predicted molar refractivity (Wildman–Crippen MR) is 55.9 cm³/mol. The molecule has 0 aliphatic rings. The molecule has 14 heavy (non-hydrogen) atoms. The van der Waals surface area contributed by atoms with Crippen LogP contribution < -0.4 is 0 Å². The Balaban J connectivity index is -0.000000605. The fraction of sp³-hybridized carbons (Fsp3) is 0.600. The summed E-state index contributed by atoms with van der Waals surface area (Å²) in [5, 5.41) is 0. The lowest BCUT2D eigenvalue weighted by atomic mass is 10.5. The van der Waals surface area contributed by atoms with E-state index in [1.807, 2.05) is 0 Å². The fourth-order valence-electron chi connectivity index (χ4n) is 0.459. The Bertz CT molecular complexity index is 175. The molecule has 4 heteroatoms. The first-order valence-electron chi connectivity index (χ1n) is 3.65. The molecular weight excluding hydrogens is 184 g/mol. The van der Waals surface area contributed by atoms with Gasteiger partial charge in [-0.15, -0.1) is 0 Å². The Hall–Kier alpha value is -1.32. The van der Waals surface area contributed by atoms with Crippen molar-refractivity contribution in [1.29, 1.82) is 0 Å². The van der Waals surface area contributed by atoms with Crippen molar-refractivity contribution in [3.05, 3.63) is 12.7 Å². The van der Waals surface area contributed by atoms with Gasteiger partial charge in [0.05, 0.1) is 0 Å². The zero-order valence-corrected chi connectivity index (χ0v) is 7.04. The Labute approximate surface area is 85.9 Å². The van der Waals surface area contributed by atoms with E-state index in [0.29, 0.717) is 6.42 Å². The van der Waals surface area contributed by atoms with Gasteiger partial charge in [0.25, 0.3) is 0 Å². The van der Waals surface area contributed by atoms with Crippen molar-refractivity contribution in [2.45, 2.75) is 28.2 Å². The van der Waals surface area contributed by atoms with E-state index < -0.39 is 5.97 Å². The van der Waals surface area contributed by atoms with Gasteiger partial charge in [0.2, 0.25) is 0 Å². The summed E-state index contributed by atoms with van der Waals surface area (Å²) in [6.45, 7) is 5.08. The van der Waals surface area contributed by atoms with Crippen LogP contribution in [0.2, 0.25) is 0 Å². The lowest BCUT2D eigenvalue weighted by Gasteiger charge is -2.02. The molecule has 0 bridgehead atoms. The van der Waals surface area contributed by atoms with Crippen molar-refractivity contribution < 1.29 is 19.1 Å². The minimum Gasteiger partial charge on any atom is -0.462 e. The number of carbonyl (C=O) groups excluding carboxylic acids is 2. The van der Waals surface area contributed by atoms with Gasteiger partial charge in [-0.1, -0.05) is 28.4 Å². The van der Waals surface area contributed by atoms with Gasteiger partial charge in [0, 0.05) is 12.5 Å². The van der Waals surface area contributed by atoms with Crippen LogP contribution in [0.25, 0.3) is 0 Å². The number of esters is 2. The van der Waals surface area contributed by atoms with E-state index in [2.05, 4.69) is 16.1 Å². The standard InChI is InChI=1S/C8H12O4.2CH4/c1-3-7(9)11-5-6-12-8(10)4-2;;/h3H,1,4-6H2,2H3;2*1H4. The van der Waals surface area contributed by atoms with E-state index in [1.54, 1.807) is 6.92 Å². The van der Waals surface area contributed by atoms with Gasteiger partial charge >= 0.3 is 11.9 Å². The molecule has 0 heterocycles. The topological polar surface area (TPSA) is 52.6 Å². The maximum absolute atomic E-state index is 10.5. The molecule has 0 unspecified atom stereocenters. The van der Waals surface area contributed by atoms with Crippen LogP contribution in [0.3, 0.4) is 0 Å². The first kappa shape index (κ1) is 18.5. The molecule has 0 aromatic carbocycles. The van der Waals surface area contributed by atoms with Crippen LogP contribution >= 0.6 is 0 Å². The summed E-state index contributed by atoms with van der Waals surface area (Å²) in [4.78, 5) is 21.0. The molecule has 0 rings (SSSR count). The van der Waals surface area contributed by atoms with Gasteiger partial charge in [-0.05, 0) is 0 Å². The zero-order valence-electron chi connectivity index (χ0n) is 7.04. The molecule has 0 aliphatic carbocycles. The smallest absolute Gasteiger partial charge is 0.330 e. The molecule has 4 nitrogen and oxygen atoms in total. The molecule has 0 amide bonds. The molecule has 0 radical (unpaired) electrons. The second-order valence-corrected chi connectivity index (χ2v) is 1.95. The van der Waals surface area contributed by atoms with E-state index in [1.165, 1.54) is 0 Å². The molecule has 0 saturated heterocycles. The van der Waals surface area contributed by atoms with Crippen LogP contribution in [-0.2, 0) is 19.1 Å². The third-order valence-corrected chi connectivity index (χ3v) is 1.05. The minimum absolute atomic E-state index is 0. The molecule has 0 aliphatic heterocycles. The number of rotatable bonds is 5. The zero-order chi connectivity index (χ0) is 9.40. The molecule has 0 aromatic rings. The summed E-state index contributed by atoms with van der Waals surface area (Å²) < 4.78 is 9.19. The third-order valence-electron chi connectivity index (χ3n) is 1.05. The summed E-state index contributed by atoms with van der Waals surface area (Å²) in [6, 6.07) is 0. The van der Waals surface area contributed by atoms with Gasteiger partial charge in [-0.2, -0.15) is 0 Å². The summed E-state index contributed by atoms with van der Waals surface area (Å²) in [6.07, 6.45) is 1.39. The molecule has 0 saturated carbocycles. The number of hydrogen-bond acceptors (Lipinski definition) is 4. The summed E-state index contributed by atoms with van der Waals surface area (Å²) in [7, 11) is 0. The molecule has 0 fully saturated rings. The van der Waals surface area contributed by atoms with Crippen molar-refractivity contribution in [3.63, 3.8) is 0 Å². The van der Waals surface area contributed by atoms with Crippen molar-refractivity contribution >= 4 is 11.9 Å². The van der Waals surface area contributed by atoms with Crippen molar-refractivity contribution in [1.82, 2.24) is 0 Å². The summed E-state index contributed by atoms with van der Waals surface area (Å²) in [5.41, 5.74) is 0. The second-order valence-electron chi connectivity index (χ2n) is 1.95. The summed E-state index contributed by atoms with van der Waals surface area (Å²) >= 11 is 0. The maximum atomic E-state index is 10.5. The fourth-order valence-corrected chi connectivity index (χ4v) is 0.459. The monoisotopic (exact) mass is 204 g/mol. The second kappa shape index (κ2) is 11.7. The van der Waals surface area contributed by atoms with E-state index >= 15 is 0 Å². The highest BCUT2D eigenvalue weighted by atomic mass is 16.6. The van der Waals surface area contributed by atoms with Gasteiger partial charge < -0.3 is 9.47 Å². The van der Waals surface area contributed by atoms with E-state index in [0.717, 1.165) is 6.08 Å². The third kappa shape index (κ3) is 10.7. The lowest BCUT2D eigenvalue weighted by Crippen LogP contribution is -2.11. The van der Waals surface area contributed by atoms with Gasteiger partial charge in [0.1, 0.15) is 13.2 Å². The molecule has 0 N–H and O–H groups in total. The first-order valence-corrected chi connectivity index (χ1v) is 3.65. The van der Waals surface area contributed by atoms with E-state index in [-0.39, 0.29) is 34.0 Å². The molecule has 84 valence electrons. The van der Waals surface area contributed by atoms with Crippen molar-refractivity contribution in [2.75, 3.05) is 13.2 Å². The number of carbonyl (C=O) groups is 2. The van der Waals surface area contributed by atoms with Gasteiger partial charge in [0.15, 0.2) is 0 Å². The molecular formula is C10H20O4. The molecule has 0 aromatic heterocycles. The van der Waals surface area contributed by atoms with Crippen LogP contribution in [0.1, 0.15) is 28.2 Å². The Morgan fingerprint density at radius 3 is 2.14 bits per heavy atom. The highest BCUT2D eigenvalue weighted by Gasteiger charge is 1.98. The maximum Gasteiger partial charge on any atom is 0.330 e. The van der Waals surface area contributed by atoms with Crippen LogP contribution in [0.5, 0.6) is 0 Å². The SMILES string of the molecule is C.C.C=CC(=O)OCCOC(=O)CC. The van der Waals surface area contributed by atoms with Crippen LogP contribution in [-0.4, -0.2) is 25.2 Å². The number of ether oxygens (including phenoxy) is 2. The van der Waals surface area contributed by atoms with Crippen molar-refractivity contribution in [2.24, 2.45) is 0 Å². The first-order chi connectivity index (χ1) is 5.70. The minimum atomic E-state index is -0.512. The lowest BCUT2D eigenvalue weighted by molar-refractivity contribution is -0.149. The van der Waals surface area contributed by atoms with Gasteiger partial charge in [-0.3, -0.25) is 4.79 Å². The van der Waals surface area contributed by atoms with Gasteiger partial charge in [-0.25, -0.2) is 4.79 Å². The van der Waals surface area contributed by atoms with Crippen LogP contribution in [0, 0.1) is 0 Å². The highest BCUT2D eigenvalue weighted by molar-refractivity contribution is 5.81. The summed E-state index contributed by atoms with van der Waals surface area (Å²) in [5.74, 6) is -0.813. The predicted octanol–water partition coefficient (Wildman–Crippen LogP) is 1.94.